The monoisotopic (exact) mass is 272 g/mol. The highest BCUT2D eigenvalue weighted by Gasteiger charge is 2.21. The van der Waals surface area contributed by atoms with Gasteiger partial charge in [0.1, 0.15) is 5.82 Å². The van der Waals surface area contributed by atoms with Crippen molar-refractivity contribution in [2.75, 3.05) is 19.6 Å². The second-order valence-corrected chi connectivity index (χ2v) is 5.61. The van der Waals surface area contributed by atoms with Crippen LogP contribution in [0, 0.1) is 12.8 Å². The smallest absolute Gasteiger partial charge is 0.258 e. The van der Waals surface area contributed by atoms with Crippen LogP contribution in [-0.4, -0.2) is 34.5 Å². The van der Waals surface area contributed by atoms with Crippen LogP contribution < -0.4 is 11.3 Å². The number of hydrogen-bond acceptors (Lipinski definition) is 4. The minimum Gasteiger partial charge on any atom is -0.330 e. The van der Waals surface area contributed by atoms with E-state index in [9.17, 15) is 4.79 Å². The average molecular weight is 272 g/mol. The number of aromatic amines is 1. The molecule has 1 atom stereocenters. The van der Waals surface area contributed by atoms with Gasteiger partial charge in [-0.15, -0.1) is 0 Å². The number of nitrogens with zero attached hydrogens (tertiary/aromatic N) is 2. The predicted molar refractivity (Wildman–Crippen MR) is 79.5 cm³/mol. The standard InChI is InChI=1S/C15H20N4O/c1-10-3-2-4-12-14(10)17-13(18-15(12)20)9-19-6-5-11(7-16)8-19/h2-4,11H,5-9,16H2,1H3,(H,17,18,20). The normalized spacial score (nSPS) is 19.8. The fourth-order valence-electron chi connectivity index (χ4n) is 2.89. The highest BCUT2D eigenvalue weighted by molar-refractivity contribution is 5.80. The van der Waals surface area contributed by atoms with Gasteiger partial charge in [0.25, 0.3) is 5.56 Å². The van der Waals surface area contributed by atoms with Crippen LogP contribution in [0.25, 0.3) is 10.9 Å². The summed E-state index contributed by atoms with van der Waals surface area (Å²) in [6, 6.07) is 5.69. The van der Waals surface area contributed by atoms with Gasteiger partial charge in [0, 0.05) is 6.54 Å². The van der Waals surface area contributed by atoms with E-state index >= 15 is 0 Å². The van der Waals surface area contributed by atoms with Crippen molar-refractivity contribution in [3.05, 3.63) is 39.9 Å². The van der Waals surface area contributed by atoms with Crippen molar-refractivity contribution in [2.45, 2.75) is 19.9 Å². The average Bonchev–Trinajstić information content (AvgIpc) is 2.88. The highest BCUT2D eigenvalue weighted by atomic mass is 16.1. The molecule has 20 heavy (non-hydrogen) atoms. The van der Waals surface area contributed by atoms with E-state index in [1.54, 1.807) is 0 Å². The van der Waals surface area contributed by atoms with Gasteiger partial charge in [-0.05, 0) is 44.0 Å². The van der Waals surface area contributed by atoms with Crippen molar-refractivity contribution in [3.8, 4) is 0 Å². The molecule has 1 aromatic carbocycles. The van der Waals surface area contributed by atoms with E-state index in [4.69, 9.17) is 5.73 Å². The van der Waals surface area contributed by atoms with Crippen LogP contribution in [0.5, 0.6) is 0 Å². The Hall–Kier alpha value is -1.72. The molecule has 1 aliphatic rings. The molecule has 2 heterocycles. The summed E-state index contributed by atoms with van der Waals surface area (Å²) in [7, 11) is 0. The maximum absolute atomic E-state index is 12.1. The summed E-state index contributed by atoms with van der Waals surface area (Å²) in [5, 5.41) is 0.662. The predicted octanol–water partition coefficient (Wildman–Crippen LogP) is 1.01. The third-order valence-electron chi connectivity index (χ3n) is 4.06. The Labute approximate surface area is 117 Å². The fraction of sp³-hybridized carbons (Fsp3) is 0.467. The van der Waals surface area contributed by atoms with Crippen molar-refractivity contribution in [3.63, 3.8) is 0 Å². The number of fused-ring (bicyclic) bond motifs is 1. The number of nitrogens with two attached hydrogens (primary N) is 1. The van der Waals surface area contributed by atoms with Crippen LogP contribution in [0.1, 0.15) is 17.8 Å². The molecule has 1 unspecified atom stereocenters. The Morgan fingerprint density at radius 1 is 1.50 bits per heavy atom. The van der Waals surface area contributed by atoms with E-state index in [1.165, 1.54) is 0 Å². The molecule has 1 aliphatic heterocycles. The molecular formula is C15H20N4O. The van der Waals surface area contributed by atoms with Crippen molar-refractivity contribution >= 4 is 10.9 Å². The van der Waals surface area contributed by atoms with Crippen molar-refractivity contribution in [2.24, 2.45) is 11.7 Å². The molecule has 3 rings (SSSR count). The number of nitrogens with one attached hydrogen (secondary N) is 1. The first-order chi connectivity index (χ1) is 9.67. The zero-order chi connectivity index (χ0) is 14.1. The molecular weight excluding hydrogens is 252 g/mol. The molecule has 3 N–H and O–H groups in total. The molecule has 2 aromatic rings. The van der Waals surface area contributed by atoms with Gasteiger partial charge in [0.05, 0.1) is 17.4 Å². The Morgan fingerprint density at radius 3 is 3.10 bits per heavy atom. The van der Waals surface area contributed by atoms with Crippen molar-refractivity contribution < 1.29 is 0 Å². The number of aromatic nitrogens is 2. The van der Waals surface area contributed by atoms with E-state index in [0.29, 0.717) is 17.8 Å². The van der Waals surface area contributed by atoms with Gasteiger partial charge in [-0.3, -0.25) is 9.69 Å². The summed E-state index contributed by atoms with van der Waals surface area (Å²) < 4.78 is 0. The van der Waals surface area contributed by atoms with Gasteiger partial charge in [-0.25, -0.2) is 4.98 Å². The van der Waals surface area contributed by atoms with Gasteiger partial charge in [0.15, 0.2) is 0 Å². The highest BCUT2D eigenvalue weighted by Crippen LogP contribution is 2.17. The zero-order valence-electron chi connectivity index (χ0n) is 11.7. The SMILES string of the molecule is Cc1cccc2c(=O)[nH]c(CN3CCC(CN)C3)nc12. The molecule has 1 saturated heterocycles. The Bertz CT molecular complexity index is 679. The second kappa shape index (κ2) is 5.34. The van der Waals surface area contributed by atoms with Crippen LogP contribution in [0.3, 0.4) is 0 Å². The summed E-state index contributed by atoms with van der Waals surface area (Å²) in [5.41, 5.74) is 7.50. The number of aryl methyl sites for hydroxylation is 1. The molecule has 5 heteroatoms. The first-order valence-corrected chi connectivity index (χ1v) is 7.08. The molecule has 0 bridgehead atoms. The molecule has 106 valence electrons. The van der Waals surface area contributed by atoms with Gasteiger partial charge in [-0.1, -0.05) is 12.1 Å². The molecule has 0 aliphatic carbocycles. The first-order valence-electron chi connectivity index (χ1n) is 7.08. The maximum Gasteiger partial charge on any atom is 0.258 e. The Balaban J connectivity index is 1.89. The van der Waals surface area contributed by atoms with E-state index < -0.39 is 0 Å². The van der Waals surface area contributed by atoms with Gasteiger partial charge in [0.2, 0.25) is 0 Å². The molecule has 0 spiro atoms. The second-order valence-electron chi connectivity index (χ2n) is 5.61. The third kappa shape index (κ3) is 2.46. The molecule has 0 radical (unpaired) electrons. The van der Waals surface area contributed by atoms with Gasteiger partial charge < -0.3 is 10.7 Å². The van der Waals surface area contributed by atoms with Crippen molar-refractivity contribution in [1.82, 2.24) is 14.9 Å². The lowest BCUT2D eigenvalue weighted by atomic mass is 10.1. The van der Waals surface area contributed by atoms with Crippen LogP contribution in [0.4, 0.5) is 0 Å². The zero-order valence-corrected chi connectivity index (χ0v) is 11.7. The summed E-state index contributed by atoms with van der Waals surface area (Å²) in [6.45, 7) is 5.43. The number of benzene rings is 1. The Morgan fingerprint density at radius 2 is 2.35 bits per heavy atom. The van der Waals surface area contributed by atoms with Crippen LogP contribution in [0.15, 0.2) is 23.0 Å². The molecule has 0 amide bonds. The lowest BCUT2D eigenvalue weighted by molar-refractivity contribution is 0.310. The maximum atomic E-state index is 12.1. The third-order valence-corrected chi connectivity index (χ3v) is 4.06. The van der Waals surface area contributed by atoms with Gasteiger partial charge >= 0.3 is 0 Å². The summed E-state index contributed by atoms with van der Waals surface area (Å²) in [4.78, 5) is 21.9. The molecule has 1 aromatic heterocycles. The number of hydrogen-bond donors (Lipinski definition) is 2. The minimum absolute atomic E-state index is 0.0525. The van der Waals surface area contributed by atoms with Crippen LogP contribution in [0.2, 0.25) is 0 Å². The minimum atomic E-state index is -0.0525. The van der Waals surface area contributed by atoms with E-state index in [1.807, 2.05) is 25.1 Å². The summed E-state index contributed by atoms with van der Waals surface area (Å²) in [6.07, 6.45) is 1.13. The molecule has 0 saturated carbocycles. The first kappa shape index (κ1) is 13.3. The summed E-state index contributed by atoms with van der Waals surface area (Å²) in [5.74, 6) is 1.32. The number of rotatable bonds is 3. The van der Waals surface area contributed by atoms with E-state index in [2.05, 4.69) is 14.9 Å². The molecule has 1 fully saturated rings. The number of para-hydroxylation sites is 1. The Kier molecular flexibility index (Phi) is 3.54. The fourth-order valence-corrected chi connectivity index (χ4v) is 2.89. The van der Waals surface area contributed by atoms with Gasteiger partial charge in [-0.2, -0.15) is 0 Å². The van der Waals surface area contributed by atoms with E-state index in [-0.39, 0.29) is 5.56 Å². The van der Waals surface area contributed by atoms with Crippen LogP contribution >= 0.6 is 0 Å². The molecule has 5 nitrogen and oxygen atoms in total. The topological polar surface area (TPSA) is 75.0 Å². The quantitative estimate of drug-likeness (QED) is 0.874. The largest absolute Gasteiger partial charge is 0.330 e. The van der Waals surface area contributed by atoms with E-state index in [0.717, 1.165) is 43.0 Å². The van der Waals surface area contributed by atoms with Crippen LogP contribution in [-0.2, 0) is 6.54 Å². The van der Waals surface area contributed by atoms with Crippen molar-refractivity contribution in [1.29, 1.82) is 0 Å². The lowest BCUT2D eigenvalue weighted by Gasteiger charge is -2.15. The number of likely N-dealkylation sites (tertiary alicyclic amines) is 1. The number of H-pyrrole nitrogens is 1. The summed E-state index contributed by atoms with van der Waals surface area (Å²) >= 11 is 0. The lowest BCUT2D eigenvalue weighted by Crippen LogP contribution is -2.25.